The second kappa shape index (κ2) is 6.31. The lowest BCUT2D eigenvalue weighted by atomic mass is 10.0. The van der Waals surface area contributed by atoms with Gasteiger partial charge in [-0.15, -0.1) is 0 Å². The Balaban J connectivity index is 0.000000293. The molecule has 1 fully saturated rings. The van der Waals surface area contributed by atoms with Gasteiger partial charge in [0.25, 0.3) is 0 Å². The van der Waals surface area contributed by atoms with E-state index in [1.165, 1.54) is 0 Å². The number of nitrogens with one attached hydrogen (secondary N) is 2. The highest BCUT2D eigenvalue weighted by Gasteiger charge is 2.38. The van der Waals surface area contributed by atoms with Crippen LogP contribution in [-0.2, 0) is 9.59 Å². The van der Waals surface area contributed by atoms with Crippen molar-refractivity contribution in [3.63, 3.8) is 0 Å². The van der Waals surface area contributed by atoms with Crippen LogP contribution in [0, 0.1) is 0 Å². The molecule has 0 spiro atoms. The Hall–Kier alpha value is -1.31. The number of alkyl halides is 3. The molecular weight excluding hydrogens is 229 g/mol. The van der Waals surface area contributed by atoms with Crippen LogP contribution in [0.5, 0.6) is 0 Å². The number of carboxylic acids is 1. The molecule has 1 aliphatic heterocycles. The first-order valence-corrected chi connectivity index (χ1v) is 4.51. The van der Waals surface area contributed by atoms with Crippen molar-refractivity contribution in [3.05, 3.63) is 0 Å². The molecule has 0 aromatic rings. The van der Waals surface area contributed by atoms with Crippen LogP contribution in [0.25, 0.3) is 0 Å². The van der Waals surface area contributed by atoms with Crippen molar-refractivity contribution in [1.29, 1.82) is 0 Å². The molecule has 0 aliphatic carbocycles. The Morgan fingerprint density at radius 1 is 1.50 bits per heavy atom. The highest BCUT2D eigenvalue weighted by atomic mass is 19.4. The molecule has 0 aromatic heterocycles. The molecule has 3 N–H and O–H groups in total. The molecule has 8 heteroatoms. The van der Waals surface area contributed by atoms with Crippen LogP contribution in [0.15, 0.2) is 0 Å². The van der Waals surface area contributed by atoms with Gasteiger partial charge in [-0.05, 0) is 13.0 Å². The molecule has 0 bridgehead atoms. The number of rotatable bonds is 2. The number of aliphatic carboxylic acids is 1. The van der Waals surface area contributed by atoms with Gasteiger partial charge in [0, 0.05) is 19.5 Å². The van der Waals surface area contributed by atoms with Gasteiger partial charge in [0.15, 0.2) is 0 Å². The number of carbonyl (C=O) groups excluding carboxylic acids is 1. The number of carboxylic acid groups (broad SMARTS) is 1. The third kappa shape index (κ3) is 6.23. The molecule has 1 rings (SSSR count). The Bertz CT molecular complexity index is 251. The Morgan fingerprint density at radius 3 is 2.12 bits per heavy atom. The van der Waals surface area contributed by atoms with Crippen molar-refractivity contribution in [1.82, 2.24) is 10.6 Å². The normalized spacial score (nSPS) is 18.9. The van der Waals surface area contributed by atoms with Crippen LogP contribution >= 0.6 is 0 Å². The molecule has 0 radical (unpaired) electrons. The summed E-state index contributed by atoms with van der Waals surface area (Å²) < 4.78 is 31.7. The number of carbonyl (C=O) groups is 2. The zero-order valence-corrected chi connectivity index (χ0v) is 8.60. The van der Waals surface area contributed by atoms with Gasteiger partial charge >= 0.3 is 12.1 Å². The number of halogens is 3. The Labute approximate surface area is 90.0 Å². The average Bonchev–Trinajstić information content (AvgIpc) is 2.10. The van der Waals surface area contributed by atoms with Crippen molar-refractivity contribution < 1.29 is 27.9 Å². The van der Waals surface area contributed by atoms with Gasteiger partial charge in [-0.3, -0.25) is 4.79 Å². The van der Waals surface area contributed by atoms with Gasteiger partial charge in [0.1, 0.15) is 0 Å². The SMILES string of the molecule is CNC(=O)CC1CCN1.O=C(O)C(F)(F)F. The van der Waals surface area contributed by atoms with Crippen molar-refractivity contribution >= 4 is 11.9 Å². The maximum absolute atomic E-state index is 10.7. The fraction of sp³-hybridized carbons (Fsp3) is 0.750. The monoisotopic (exact) mass is 242 g/mol. The van der Waals surface area contributed by atoms with Crippen LogP contribution in [0.3, 0.4) is 0 Å². The number of hydrogen-bond acceptors (Lipinski definition) is 3. The lowest BCUT2D eigenvalue weighted by Gasteiger charge is -2.26. The predicted octanol–water partition coefficient (Wildman–Crippen LogP) is 0.118. The van der Waals surface area contributed by atoms with E-state index >= 15 is 0 Å². The van der Waals surface area contributed by atoms with E-state index in [0.29, 0.717) is 12.5 Å². The zero-order valence-electron chi connectivity index (χ0n) is 8.60. The summed E-state index contributed by atoms with van der Waals surface area (Å²) in [6, 6.07) is 0.449. The van der Waals surface area contributed by atoms with Gasteiger partial charge in [0.05, 0.1) is 0 Å². The molecule has 1 heterocycles. The topological polar surface area (TPSA) is 78.4 Å². The minimum absolute atomic E-state index is 0.132. The summed E-state index contributed by atoms with van der Waals surface area (Å²) in [5.41, 5.74) is 0. The molecular formula is C8H13F3N2O3. The van der Waals surface area contributed by atoms with Crippen molar-refractivity contribution in [2.45, 2.75) is 25.1 Å². The van der Waals surface area contributed by atoms with Crippen molar-refractivity contribution in [2.24, 2.45) is 0 Å². The first-order chi connectivity index (χ1) is 7.27. The number of hydrogen-bond donors (Lipinski definition) is 3. The van der Waals surface area contributed by atoms with Gasteiger partial charge in [-0.25, -0.2) is 4.79 Å². The van der Waals surface area contributed by atoms with Crippen LogP contribution in [0.4, 0.5) is 13.2 Å². The van der Waals surface area contributed by atoms with Crippen molar-refractivity contribution in [2.75, 3.05) is 13.6 Å². The Morgan fingerprint density at radius 2 is 1.94 bits per heavy atom. The summed E-state index contributed by atoms with van der Waals surface area (Å²) in [5, 5.41) is 12.9. The van der Waals surface area contributed by atoms with E-state index in [4.69, 9.17) is 9.90 Å². The standard InChI is InChI=1S/C6H12N2O.C2HF3O2/c1-7-6(9)4-5-2-3-8-5;3-2(4,5)1(6)7/h5,8H,2-4H2,1H3,(H,7,9);(H,6,7). The molecule has 1 atom stereocenters. The van der Waals surface area contributed by atoms with Crippen molar-refractivity contribution in [3.8, 4) is 0 Å². The molecule has 5 nitrogen and oxygen atoms in total. The average molecular weight is 242 g/mol. The molecule has 1 saturated heterocycles. The van der Waals surface area contributed by atoms with Gasteiger partial charge in [-0.1, -0.05) is 0 Å². The van der Waals surface area contributed by atoms with Crippen LogP contribution in [0.2, 0.25) is 0 Å². The van der Waals surface area contributed by atoms with Gasteiger partial charge in [0.2, 0.25) is 5.91 Å². The van der Waals surface area contributed by atoms with Gasteiger partial charge < -0.3 is 15.7 Å². The first-order valence-electron chi connectivity index (χ1n) is 4.51. The van der Waals surface area contributed by atoms with E-state index in [2.05, 4.69) is 10.6 Å². The summed E-state index contributed by atoms with van der Waals surface area (Å²) in [4.78, 5) is 19.6. The number of amides is 1. The van der Waals surface area contributed by atoms with Crippen LogP contribution in [0.1, 0.15) is 12.8 Å². The zero-order chi connectivity index (χ0) is 12.8. The Kier molecular flexibility index (Phi) is 5.79. The minimum atomic E-state index is -5.08. The van der Waals surface area contributed by atoms with Crippen LogP contribution < -0.4 is 10.6 Å². The maximum Gasteiger partial charge on any atom is 0.490 e. The largest absolute Gasteiger partial charge is 0.490 e. The smallest absolute Gasteiger partial charge is 0.475 e. The molecule has 1 amide bonds. The quantitative estimate of drug-likeness (QED) is 0.642. The lowest BCUT2D eigenvalue weighted by Crippen LogP contribution is -2.45. The highest BCUT2D eigenvalue weighted by molar-refractivity contribution is 5.76. The molecule has 0 saturated carbocycles. The second-order valence-electron chi connectivity index (χ2n) is 3.12. The van der Waals surface area contributed by atoms with E-state index < -0.39 is 12.1 Å². The van der Waals surface area contributed by atoms with Crippen LogP contribution in [-0.4, -0.2) is 42.8 Å². The fourth-order valence-corrected chi connectivity index (χ4v) is 0.849. The first kappa shape index (κ1) is 14.7. The summed E-state index contributed by atoms with van der Waals surface area (Å²) in [7, 11) is 1.67. The minimum Gasteiger partial charge on any atom is -0.475 e. The van der Waals surface area contributed by atoms with E-state index in [0.717, 1.165) is 13.0 Å². The molecule has 94 valence electrons. The lowest BCUT2D eigenvalue weighted by molar-refractivity contribution is -0.192. The third-order valence-electron chi connectivity index (χ3n) is 1.88. The van der Waals surface area contributed by atoms with E-state index in [9.17, 15) is 18.0 Å². The molecule has 0 aromatic carbocycles. The van der Waals surface area contributed by atoms with E-state index in [1.54, 1.807) is 7.05 Å². The summed E-state index contributed by atoms with van der Waals surface area (Å²) in [6.07, 6.45) is -3.30. The highest BCUT2D eigenvalue weighted by Crippen LogP contribution is 2.13. The summed E-state index contributed by atoms with van der Waals surface area (Å²) >= 11 is 0. The van der Waals surface area contributed by atoms with Gasteiger partial charge in [-0.2, -0.15) is 13.2 Å². The van der Waals surface area contributed by atoms with E-state index in [1.807, 2.05) is 0 Å². The molecule has 1 unspecified atom stereocenters. The summed E-state index contributed by atoms with van der Waals surface area (Å²) in [5.74, 6) is -2.63. The third-order valence-corrected chi connectivity index (χ3v) is 1.88. The molecule has 1 aliphatic rings. The fourth-order valence-electron chi connectivity index (χ4n) is 0.849. The second-order valence-corrected chi connectivity index (χ2v) is 3.12. The maximum atomic E-state index is 10.7. The predicted molar refractivity (Wildman–Crippen MR) is 48.8 cm³/mol. The molecule has 16 heavy (non-hydrogen) atoms. The van der Waals surface area contributed by atoms with E-state index in [-0.39, 0.29) is 5.91 Å². The summed E-state index contributed by atoms with van der Waals surface area (Å²) in [6.45, 7) is 1.07.